The van der Waals surface area contributed by atoms with E-state index in [1.165, 1.54) is 205 Å². The third-order valence-corrected chi connectivity index (χ3v) is 9.25. The van der Waals surface area contributed by atoms with Gasteiger partial charge in [0.1, 0.15) is 0 Å². The highest BCUT2D eigenvalue weighted by Gasteiger charge is 2.06. The first-order chi connectivity index (χ1) is 20.8. The summed E-state index contributed by atoms with van der Waals surface area (Å²) >= 11 is 0. The third kappa shape index (κ3) is 39.9. The SMILES string of the molecule is CCCCCCCCCCCCCCCCCCOCC(CC)OCCCCCCCCCCCCCCCCCC.N. The fraction of sp³-hybridized carbons (Fsp3) is 1.00. The molecule has 0 bridgehead atoms. The van der Waals surface area contributed by atoms with Crippen LogP contribution >= 0.6 is 0 Å². The Morgan fingerprint density at radius 1 is 0.326 bits per heavy atom. The van der Waals surface area contributed by atoms with Gasteiger partial charge in [0.15, 0.2) is 0 Å². The standard InChI is InChI=1S/C40H82O2.H3N/c1-4-7-9-11-13-15-17-19-21-23-25-27-29-31-33-35-37-41-39-40(6-3)42-38-36-34-32-30-28-26-24-22-20-18-16-14-12-10-8-5-2;/h40H,4-39H2,1-3H3;1H3. The summed E-state index contributed by atoms with van der Waals surface area (Å²) in [7, 11) is 0. The van der Waals surface area contributed by atoms with E-state index in [0.29, 0.717) is 6.10 Å². The van der Waals surface area contributed by atoms with Crippen molar-refractivity contribution in [2.75, 3.05) is 19.8 Å². The van der Waals surface area contributed by atoms with Gasteiger partial charge in [0.2, 0.25) is 0 Å². The predicted octanol–water partition coefficient (Wildman–Crippen LogP) is 14.5. The van der Waals surface area contributed by atoms with Crippen molar-refractivity contribution in [3.63, 3.8) is 0 Å². The Bertz CT molecular complexity index is 458. The molecule has 0 aliphatic rings. The van der Waals surface area contributed by atoms with E-state index in [1.807, 2.05) is 0 Å². The molecule has 0 aromatic carbocycles. The van der Waals surface area contributed by atoms with Crippen molar-refractivity contribution in [2.24, 2.45) is 0 Å². The van der Waals surface area contributed by atoms with E-state index in [0.717, 1.165) is 26.2 Å². The van der Waals surface area contributed by atoms with Gasteiger partial charge in [-0.15, -0.1) is 0 Å². The molecule has 0 radical (unpaired) electrons. The molecule has 1 unspecified atom stereocenters. The molecule has 0 heterocycles. The van der Waals surface area contributed by atoms with E-state index < -0.39 is 0 Å². The topological polar surface area (TPSA) is 53.5 Å². The molecule has 3 nitrogen and oxygen atoms in total. The molecule has 0 aliphatic heterocycles. The lowest BCUT2D eigenvalue weighted by molar-refractivity contribution is -0.0200. The van der Waals surface area contributed by atoms with Crippen molar-refractivity contribution >= 4 is 0 Å². The van der Waals surface area contributed by atoms with Crippen LogP contribution in [0.5, 0.6) is 0 Å². The van der Waals surface area contributed by atoms with Crippen LogP contribution in [-0.2, 0) is 9.47 Å². The molecule has 0 spiro atoms. The maximum absolute atomic E-state index is 6.12. The number of hydrogen-bond donors (Lipinski definition) is 1. The van der Waals surface area contributed by atoms with Crippen molar-refractivity contribution in [3.8, 4) is 0 Å². The minimum Gasteiger partial charge on any atom is -0.379 e. The van der Waals surface area contributed by atoms with Crippen LogP contribution in [0, 0.1) is 0 Å². The van der Waals surface area contributed by atoms with Crippen LogP contribution in [0.4, 0.5) is 0 Å². The Kier molecular flexibility index (Phi) is 43.8. The molecular weight excluding hydrogens is 526 g/mol. The molecule has 3 N–H and O–H groups in total. The van der Waals surface area contributed by atoms with Crippen LogP contribution in [0.1, 0.15) is 233 Å². The zero-order chi connectivity index (χ0) is 30.4. The summed E-state index contributed by atoms with van der Waals surface area (Å²) in [4.78, 5) is 0. The average molecular weight is 612 g/mol. The van der Waals surface area contributed by atoms with Crippen molar-refractivity contribution in [2.45, 2.75) is 239 Å². The Morgan fingerprint density at radius 2 is 0.581 bits per heavy atom. The molecule has 0 fully saturated rings. The fourth-order valence-electron chi connectivity index (χ4n) is 6.15. The van der Waals surface area contributed by atoms with Crippen molar-refractivity contribution in [1.29, 1.82) is 0 Å². The van der Waals surface area contributed by atoms with E-state index in [2.05, 4.69) is 20.8 Å². The minimum absolute atomic E-state index is 0. The van der Waals surface area contributed by atoms with Gasteiger partial charge in [0, 0.05) is 13.2 Å². The highest BCUT2D eigenvalue weighted by atomic mass is 16.5. The van der Waals surface area contributed by atoms with Gasteiger partial charge in [-0.25, -0.2) is 0 Å². The summed E-state index contributed by atoms with van der Waals surface area (Å²) in [5.74, 6) is 0. The number of rotatable bonds is 38. The fourth-order valence-corrected chi connectivity index (χ4v) is 6.15. The molecule has 0 saturated carbocycles. The zero-order valence-corrected chi connectivity index (χ0v) is 30.6. The molecule has 0 saturated heterocycles. The van der Waals surface area contributed by atoms with E-state index in [4.69, 9.17) is 9.47 Å². The molecule has 0 aliphatic carbocycles. The molecule has 3 heteroatoms. The van der Waals surface area contributed by atoms with E-state index >= 15 is 0 Å². The van der Waals surface area contributed by atoms with Crippen LogP contribution in [0.15, 0.2) is 0 Å². The van der Waals surface area contributed by atoms with Crippen molar-refractivity contribution in [3.05, 3.63) is 0 Å². The van der Waals surface area contributed by atoms with Gasteiger partial charge in [-0.05, 0) is 19.3 Å². The second-order valence-corrected chi connectivity index (χ2v) is 13.6. The predicted molar refractivity (Wildman–Crippen MR) is 195 cm³/mol. The molecule has 0 rings (SSSR count). The lowest BCUT2D eigenvalue weighted by atomic mass is 10.0. The van der Waals surface area contributed by atoms with Crippen molar-refractivity contribution in [1.82, 2.24) is 6.15 Å². The number of unbranched alkanes of at least 4 members (excludes halogenated alkanes) is 30. The lowest BCUT2D eigenvalue weighted by Crippen LogP contribution is -2.20. The molecule has 0 amide bonds. The quantitative estimate of drug-likeness (QED) is 0.0706. The summed E-state index contributed by atoms with van der Waals surface area (Å²) in [5.41, 5.74) is 0. The van der Waals surface area contributed by atoms with Gasteiger partial charge in [-0.2, -0.15) is 0 Å². The van der Waals surface area contributed by atoms with Gasteiger partial charge >= 0.3 is 0 Å². The van der Waals surface area contributed by atoms with Crippen LogP contribution in [0.25, 0.3) is 0 Å². The summed E-state index contributed by atoms with van der Waals surface area (Å²) in [6.07, 6.45) is 46.8. The van der Waals surface area contributed by atoms with E-state index in [-0.39, 0.29) is 6.15 Å². The molecule has 0 aromatic rings. The Balaban J connectivity index is 0. The number of ether oxygens (including phenoxy) is 2. The molecule has 1 atom stereocenters. The number of hydrogen-bond acceptors (Lipinski definition) is 3. The summed E-state index contributed by atoms with van der Waals surface area (Å²) in [6, 6.07) is 0. The van der Waals surface area contributed by atoms with Gasteiger partial charge in [-0.1, -0.05) is 213 Å². The largest absolute Gasteiger partial charge is 0.379 e. The lowest BCUT2D eigenvalue weighted by Gasteiger charge is -2.16. The maximum Gasteiger partial charge on any atom is 0.0805 e. The Labute approximate surface area is 273 Å². The smallest absolute Gasteiger partial charge is 0.0805 e. The average Bonchev–Trinajstić information content (AvgIpc) is 3.00. The van der Waals surface area contributed by atoms with Gasteiger partial charge < -0.3 is 15.6 Å². The minimum atomic E-state index is 0. The Morgan fingerprint density at radius 3 is 0.860 bits per heavy atom. The first-order valence-electron chi connectivity index (χ1n) is 20.0. The highest BCUT2D eigenvalue weighted by molar-refractivity contribution is 4.56. The second-order valence-electron chi connectivity index (χ2n) is 13.6. The summed E-state index contributed by atoms with van der Waals surface area (Å²) < 4.78 is 12.1. The normalized spacial score (nSPS) is 12.1. The van der Waals surface area contributed by atoms with Crippen LogP contribution < -0.4 is 6.15 Å². The first kappa shape index (κ1) is 45.0. The summed E-state index contributed by atoms with van der Waals surface area (Å²) in [5, 5.41) is 0. The Hall–Kier alpha value is -0.120. The first-order valence-corrected chi connectivity index (χ1v) is 20.0. The zero-order valence-electron chi connectivity index (χ0n) is 30.6. The van der Waals surface area contributed by atoms with Crippen molar-refractivity contribution < 1.29 is 9.47 Å². The van der Waals surface area contributed by atoms with Crippen LogP contribution in [0.2, 0.25) is 0 Å². The van der Waals surface area contributed by atoms with E-state index in [1.54, 1.807) is 0 Å². The summed E-state index contributed by atoms with van der Waals surface area (Å²) in [6.45, 7) is 9.45. The third-order valence-electron chi connectivity index (χ3n) is 9.25. The van der Waals surface area contributed by atoms with Crippen LogP contribution in [0.3, 0.4) is 0 Å². The second kappa shape index (κ2) is 41.9. The highest BCUT2D eigenvalue weighted by Crippen LogP contribution is 2.15. The molecule has 262 valence electrons. The van der Waals surface area contributed by atoms with Gasteiger partial charge in [0.25, 0.3) is 0 Å². The molecular formula is C40H85NO2. The maximum atomic E-state index is 6.12. The molecule has 0 aromatic heterocycles. The monoisotopic (exact) mass is 612 g/mol. The van der Waals surface area contributed by atoms with Gasteiger partial charge in [-0.3, -0.25) is 0 Å². The molecule has 43 heavy (non-hydrogen) atoms. The van der Waals surface area contributed by atoms with E-state index in [9.17, 15) is 0 Å². The van der Waals surface area contributed by atoms with Gasteiger partial charge in [0.05, 0.1) is 12.7 Å². The van der Waals surface area contributed by atoms with Crippen LogP contribution in [-0.4, -0.2) is 25.9 Å².